The molecule has 1 fully saturated rings. The van der Waals surface area contributed by atoms with Crippen molar-refractivity contribution < 1.29 is 13.2 Å². The van der Waals surface area contributed by atoms with Crippen LogP contribution in [0, 0.1) is 0 Å². The third-order valence-corrected chi connectivity index (χ3v) is 9.56. The van der Waals surface area contributed by atoms with Crippen molar-refractivity contribution in [1.29, 1.82) is 0 Å². The second-order valence-electron chi connectivity index (χ2n) is 9.80. The largest absolute Gasteiger partial charge is 0.497 e. The topological polar surface area (TPSA) is 68.9 Å². The molecule has 0 saturated carbocycles. The third-order valence-electron chi connectivity index (χ3n) is 7.68. The van der Waals surface area contributed by atoms with E-state index in [0.717, 1.165) is 55.8 Å². The summed E-state index contributed by atoms with van der Waals surface area (Å²) in [5.74, 6) is 0.641. The highest BCUT2D eigenvalue weighted by molar-refractivity contribution is 7.92. The molecule has 2 aliphatic rings. The molecule has 0 amide bonds. The highest BCUT2D eigenvalue weighted by Gasteiger charge is 2.37. The standard InChI is InChI=1S/C29H32N4O3S/c1-36-24-11-13-25(14-12-24)37(34,35)33-23(10-9-22-5-2-3-7-28(22)33)21-31-17-19-32(20-18-31)29-8-4-6-27-26(29)15-16-30-27/h2-8,11-16,23,30H,9-10,17-21H2,1H3. The van der Waals surface area contributed by atoms with E-state index in [2.05, 4.69) is 39.0 Å². The van der Waals surface area contributed by atoms with Gasteiger partial charge in [0.2, 0.25) is 0 Å². The predicted octanol–water partition coefficient (Wildman–Crippen LogP) is 4.51. The van der Waals surface area contributed by atoms with Gasteiger partial charge in [0.25, 0.3) is 10.0 Å². The molecular weight excluding hydrogens is 484 g/mol. The number of fused-ring (bicyclic) bond motifs is 2. The average Bonchev–Trinajstić information content (AvgIpc) is 3.42. The number of para-hydroxylation sites is 1. The Morgan fingerprint density at radius 2 is 1.65 bits per heavy atom. The van der Waals surface area contributed by atoms with Gasteiger partial charge in [-0.1, -0.05) is 24.3 Å². The lowest BCUT2D eigenvalue weighted by Gasteiger charge is -2.42. The molecule has 3 heterocycles. The van der Waals surface area contributed by atoms with Crippen molar-refractivity contribution in [3.05, 3.63) is 84.6 Å². The normalized spacial score (nSPS) is 18.7. The quantitative estimate of drug-likeness (QED) is 0.409. The number of sulfonamides is 1. The van der Waals surface area contributed by atoms with Crippen molar-refractivity contribution in [3.63, 3.8) is 0 Å². The van der Waals surface area contributed by atoms with Crippen molar-refractivity contribution in [2.75, 3.05) is 49.0 Å². The monoisotopic (exact) mass is 516 g/mol. The molecule has 1 saturated heterocycles. The molecule has 6 rings (SSSR count). The van der Waals surface area contributed by atoms with Crippen LogP contribution in [-0.2, 0) is 16.4 Å². The molecule has 37 heavy (non-hydrogen) atoms. The molecule has 1 unspecified atom stereocenters. The Labute approximate surface area is 218 Å². The first-order valence-electron chi connectivity index (χ1n) is 12.8. The number of ether oxygens (including phenoxy) is 1. The van der Waals surface area contributed by atoms with Gasteiger partial charge in [-0.15, -0.1) is 0 Å². The molecule has 192 valence electrons. The number of aromatic amines is 1. The summed E-state index contributed by atoms with van der Waals surface area (Å²) >= 11 is 0. The highest BCUT2D eigenvalue weighted by atomic mass is 32.2. The minimum atomic E-state index is -3.73. The van der Waals surface area contributed by atoms with Crippen LogP contribution in [0.3, 0.4) is 0 Å². The van der Waals surface area contributed by atoms with Gasteiger partial charge in [-0.25, -0.2) is 8.42 Å². The van der Waals surface area contributed by atoms with Gasteiger partial charge in [0.1, 0.15) is 5.75 Å². The summed E-state index contributed by atoms with van der Waals surface area (Å²) in [7, 11) is -2.15. The first kappa shape index (κ1) is 23.9. The summed E-state index contributed by atoms with van der Waals surface area (Å²) in [5, 5.41) is 1.25. The summed E-state index contributed by atoms with van der Waals surface area (Å²) in [6, 6.07) is 23.0. The van der Waals surface area contributed by atoms with Gasteiger partial charge >= 0.3 is 0 Å². The number of nitrogens with zero attached hydrogens (tertiary/aromatic N) is 3. The van der Waals surface area contributed by atoms with Crippen LogP contribution in [0.15, 0.2) is 83.9 Å². The number of piperazine rings is 1. The van der Waals surface area contributed by atoms with Crippen molar-refractivity contribution >= 4 is 32.3 Å². The number of aromatic nitrogens is 1. The Bertz CT molecular complexity index is 1490. The highest BCUT2D eigenvalue weighted by Crippen LogP contribution is 2.36. The van der Waals surface area contributed by atoms with Gasteiger partial charge in [-0.3, -0.25) is 9.21 Å². The van der Waals surface area contributed by atoms with Crippen LogP contribution in [0.4, 0.5) is 11.4 Å². The zero-order valence-electron chi connectivity index (χ0n) is 21.0. The number of nitrogens with one attached hydrogen (secondary N) is 1. The van der Waals surface area contributed by atoms with Crippen LogP contribution < -0.4 is 13.9 Å². The number of aryl methyl sites for hydroxylation is 1. The summed E-state index contributed by atoms with van der Waals surface area (Å²) in [5.41, 5.74) is 4.29. The Morgan fingerprint density at radius 3 is 2.43 bits per heavy atom. The van der Waals surface area contributed by atoms with Gasteiger partial charge in [0.05, 0.1) is 23.7 Å². The fourth-order valence-electron chi connectivity index (χ4n) is 5.74. The second-order valence-corrected chi connectivity index (χ2v) is 11.6. The first-order chi connectivity index (χ1) is 18.0. The molecule has 0 spiro atoms. The zero-order chi connectivity index (χ0) is 25.4. The predicted molar refractivity (Wildman–Crippen MR) is 148 cm³/mol. The molecule has 3 aromatic carbocycles. The van der Waals surface area contributed by atoms with E-state index in [1.165, 1.54) is 11.1 Å². The van der Waals surface area contributed by atoms with E-state index in [-0.39, 0.29) is 6.04 Å². The molecule has 1 aromatic heterocycles. The molecule has 4 aromatic rings. The molecule has 1 atom stereocenters. The fourth-order valence-corrected chi connectivity index (χ4v) is 7.45. The number of methoxy groups -OCH3 is 1. The van der Waals surface area contributed by atoms with E-state index in [9.17, 15) is 8.42 Å². The summed E-state index contributed by atoms with van der Waals surface area (Å²) in [6.07, 6.45) is 3.67. The Kier molecular flexibility index (Phi) is 6.30. The maximum absolute atomic E-state index is 14.0. The number of benzene rings is 3. The summed E-state index contributed by atoms with van der Waals surface area (Å²) < 4.78 is 34.9. The zero-order valence-corrected chi connectivity index (χ0v) is 21.8. The van der Waals surface area contributed by atoms with Crippen LogP contribution in [0.1, 0.15) is 12.0 Å². The number of hydrogen-bond donors (Lipinski definition) is 1. The van der Waals surface area contributed by atoms with Gasteiger partial charge in [0, 0.05) is 55.5 Å². The second kappa shape index (κ2) is 9.76. The van der Waals surface area contributed by atoms with Crippen molar-refractivity contribution in [1.82, 2.24) is 9.88 Å². The van der Waals surface area contributed by atoms with Gasteiger partial charge in [-0.05, 0) is 66.9 Å². The molecule has 0 radical (unpaired) electrons. The van der Waals surface area contributed by atoms with E-state index in [1.807, 2.05) is 30.5 Å². The number of rotatable bonds is 6. The Balaban J connectivity index is 1.23. The fraction of sp³-hybridized carbons (Fsp3) is 0.310. The minimum Gasteiger partial charge on any atom is -0.497 e. The van der Waals surface area contributed by atoms with Gasteiger partial charge in [-0.2, -0.15) is 0 Å². The van der Waals surface area contributed by atoms with E-state index >= 15 is 0 Å². The van der Waals surface area contributed by atoms with Crippen molar-refractivity contribution in [2.45, 2.75) is 23.8 Å². The van der Waals surface area contributed by atoms with Gasteiger partial charge < -0.3 is 14.6 Å². The van der Waals surface area contributed by atoms with Crippen LogP contribution >= 0.6 is 0 Å². The van der Waals surface area contributed by atoms with E-state index in [0.29, 0.717) is 17.2 Å². The van der Waals surface area contributed by atoms with Crippen LogP contribution in [0.2, 0.25) is 0 Å². The summed E-state index contributed by atoms with van der Waals surface area (Å²) in [6.45, 7) is 4.34. The maximum Gasteiger partial charge on any atom is 0.264 e. The average molecular weight is 517 g/mol. The van der Waals surface area contributed by atoms with Crippen LogP contribution in [0.25, 0.3) is 10.9 Å². The van der Waals surface area contributed by atoms with E-state index in [1.54, 1.807) is 35.7 Å². The third kappa shape index (κ3) is 4.45. The summed E-state index contributed by atoms with van der Waals surface area (Å²) in [4.78, 5) is 8.45. The first-order valence-corrected chi connectivity index (χ1v) is 14.3. The molecular formula is C29H32N4O3S. The van der Waals surface area contributed by atoms with E-state index in [4.69, 9.17) is 4.74 Å². The lowest BCUT2D eigenvalue weighted by molar-refractivity contribution is 0.238. The molecule has 2 aliphatic heterocycles. The molecule has 8 heteroatoms. The van der Waals surface area contributed by atoms with Crippen molar-refractivity contribution in [2.24, 2.45) is 0 Å². The minimum absolute atomic E-state index is 0.123. The smallest absolute Gasteiger partial charge is 0.264 e. The van der Waals surface area contributed by atoms with Gasteiger partial charge in [0.15, 0.2) is 0 Å². The maximum atomic E-state index is 14.0. The van der Waals surface area contributed by atoms with E-state index < -0.39 is 10.0 Å². The number of anilines is 2. The molecule has 7 nitrogen and oxygen atoms in total. The van der Waals surface area contributed by atoms with Crippen LogP contribution in [-0.4, -0.2) is 64.2 Å². The molecule has 0 bridgehead atoms. The lowest BCUT2D eigenvalue weighted by atomic mass is 9.97. The Hall–Kier alpha value is -3.49. The SMILES string of the molecule is COc1ccc(S(=O)(=O)N2c3ccccc3CCC2CN2CCN(c3cccc4[nH]ccc34)CC2)cc1. The lowest BCUT2D eigenvalue weighted by Crippen LogP contribution is -2.54. The molecule has 0 aliphatic carbocycles. The Morgan fingerprint density at radius 1 is 0.892 bits per heavy atom. The number of H-pyrrole nitrogens is 1. The molecule has 1 N–H and O–H groups in total. The van der Waals surface area contributed by atoms with Crippen LogP contribution in [0.5, 0.6) is 5.75 Å². The van der Waals surface area contributed by atoms with Crippen molar-refractivity contribution in [3.8, 4) is 5.75 Å². The number of hydrogen-bond acceptors (Lipinski definition) is 5.